The van der Waals surface area contributed by atoms with Crippen molar-refractivity contribution >= 4 is 27.7 Å². The minimum absolute atomic E-state index is 0.584. The summed E-state index contributed by atoms with van der Waals surface area (Å²) < 4.78 is 1.19. The van der Waals surface area contributed by atoms with E-state index in [4.69, 9.17) is 5.73 Å². The van der Waals surface area contributed by atoms with Gasteiger partial charge in [-0.1, -0.05) is 25.0 Å². The van der Waals surface area contributed by atoms with E-state index < -0.39 is 0 Å². The van der Waals surface area contributed by atoms with Gasteiger partial charge in [0.05, 0.1) is 0 Å². The molecule has 0 aromatic heterocycles. The summed E-state index contributed by atoms with van der Waals surface area (Å²) in [5, 5.41) is 0.584. The summed E-state index contributed by atoms with van der Waals surface area (Å²) in [5.74, 6) is 0.821. The number of hydrogen-bond donors (Lipinski definition) is 1. The molecule has 1 aliphatic carbocycles. The van der Waals surface area contributed by atoms with Gasteiger partial charge in [0.2, 0.25) is 0 Å². The van der Waals surface area contributed by atoms with Crippen LogP contribution in [0.1, 0.15) is 25.7 Å². The van der Waals surface area contributed by atoms with Crippen molar-refractivity contribution < 1.29 is 0 Å². The van der Waals surface area contributed by atoms with Gasteiger partial charge in [0.15, 0.2) is 0 Å². The molecule has 0 heterocycles. The van der Waals surface area contributed by atoms with Gasteiger partial charge in [-0.3, -0.25) is 0 Å². The van der Waals surface area contributed by atoms with E-state index >= 15 is 0 Å². The van der Waals surface area contributed by atoms with E-state index in [1.54, 1.807) is 0 Å². The summed E-state index contributed by atoms with van der Waals surface area (Å²) >= 11 is 5.54. The quantitative estimate of drug-likeness (QED) is 0.849. The van der Waals surface area contributed by atoms with Gasteiger partial charge >= 0.3 is 0 Å². The van der Waals surface area contributed by atoms with E-state index in [1.807, 2.05) is 11.8 Å². The van der Waals surface area contributed by atoms with Gasteiger partial charge < -0.3 is 5.73 Å². The van der Waals surface area contributed by atoms with Gasteiger partial charge in [-0.05, 0) is 46.8 Å². The van der Waals surface area contributed by atoms with Crippen molar-refractivity contribution in [2.24, 2.45) is 11.7 Å². The minimum atomic E-state index is 0.584. The Balaban J connectivity index is 2.03. The van der Waals surface area contributed by atoms with Crippen LogP contribution in [0.3, 0.4) is 0 Å². The predicted molar refractivity (Wildman–Crippen MR) is 74.8 cm³/mol. The van der Waals surface area contributed by atoms with Gasteiger partial charge in [0.1, 0.15) is 0 Å². The number of thioether (sulfide) groups is 1. The molecule has 16 heavy (non-hydrogen) atoms. The highest BCUT2D eigenvalue weighted by molar-refractivity contribution is 9.10. The second-order valence-electron chi connectivity index (χ2n) is 4.37. The molecule has 0 aliphatic heterocycles. The fraction of sp³-hybridized carbons (Fsp3) is 0.538. The lowest BCUT2D eigenvalue weighted by molar-refractivity contribution is 0.525. The summed E-state index contributed by atoms with van der Waals surface area (Å²) in [6, 6.07) is 8.42. The normalized spacial score (nSPS) is 18.9. The molecule has 1 aromatic carbocycles. The largest absolute Gasteiger partial charge is 0.329 e. The minimum Gasteiger partial charge on any atom is -0.329 e. The molecule has 0 saturated heterocycles. The van der Waals surface area contributed by atoms with Crippen LogP contribution in [0.25, 0.3) is 0 Å². The molecular weight excluding hydrogens is 282 g/mol. The Morgan fingerprint density at radius 3 is 2.62 bits per heavy atom. The van der Waals surface area contributed by atoms with Crippen molar-refractivity contribution in [2.75, 3.05) is 6.54 Å². The van der Waals surface area contributed by atoms with Crippen molar-refractivity contribution in [2.45, 2.75) is 35.8 Å². The highest BCUT2D eigenvalue weighted by Crippen LogP contribution is 2.38. The van der Waals surface area contributed by atoms with Crippen molar-refractivity contribution in [3.05, 3.63) is 28.7 Å². The van der Waals surface area contributed by atoms with Crippen LogP contribution in [-0.2, 0) is 0 Å². The first-order valence-corrected chi connectivity index (χ1v) is 7.60. The van der Waals surface area contributed by atoms with Crippen LogP contribution in [0, 0.1) is 5.92 Å². The van der Waals surface area contributed by atoms with E-state index in [0.29, 0.717) is 5.25 Å². The first-order valence-electron chi connectivity index (χ1n) is 5.92. The SMILES string of the molecule is NCC(Sc1ccccc1Br)C1CCCC1. The molecule has 1 fully saturated rings. The molecule has 2 rings (SSSR count). The molecule has 0 bridgehead atoms. The number of nitrogens with two attached hydrogens (primary N) is 1. The van der Waals surface area contributed by atoms with E-state index in [-0.39, 0.29) is 0 Å². The van der Waals surface area contributed by atoms with Crippen LogP contribution in [-0.4, -0.2) is 11.8 Å². The Hall–Kier alpha value is 0.01000. The topological polar surface area (TPSA) is 26.0 Å². The van der Waals surface area contributed by atoms with Gasteiger partial charge in [-0.15, -0.1) is 11.8 Å². The molecule has 1 unspecified atom stereocenters. The highest BCUT2D eigenvalue weighted by Gasteiger charge is 2.25. The lowest BCUT2D eigenvalue weighted by atomic mass is 10.0. The third kappa shape index (κ3) is 3.02. The van der Waals surface area contributed by atoms with E-state index in [9.17, 15) is 0 Å². The van der Waals surface area contributed by atoms with E-state index in [1.165, 1.54) is 35.1 Å². The van der Waals surface area contributed by atoms with Crippen molar-refractivity contribution in [1.82, 2.24) is 0 Å². The van der Waals surface area contributed by atoms with Gasteiger partial charge in [-0.2, -0.15) is 0 Å². The van der Waals surface area contributed by atoms with Crippen LogP contribution >= 0.6 is 27.7 Å². The molecule has 2 N–H and O–H groups in total. The van der Waals surface area contributed by atoms with Crippen LogP contribution in [0.4, 0.5) is 0 Å². The monoisotopic (exact) mass is 299 g/mol. The fourth-order valence-electron chi connectivity index (χ4n) is 2.37. The van der Waals surface area contributed by atoms with Crippen LogP contribution in [0.2, 0.25) is 0 Å². The Labute approximate surface area is 110 Å². The smallest absolute Gasteiger partial charge is 0.0311 e. The molecule has 88 valence electrons. The van der Waals surface area contributed by atoms with Crippen molar-refractivity contribution in [1.29, 1.82) is 0 Å². The maximum atomic E-state index is 5.91. The zero-order chi connectivity index (χ0) is 11.4. The van der Waals surface area contributed by atoms with Gasteiger partial charge in [0, 0.05) is 21.2 Å². The van der Waals surface area contributed by atoms with E-state index in [2.05, 4.69) is 40.2 Å². The molecule has 0 amide bonds. The number of halogens is 1. The maximum Gasteiger partial charge on any atom is 0.0311 e. The van der Waals surface area contributed by atoms with Crippen molar-refractivity contribution in [3.63, 3.8) is 0 Å². The maximum absolute atomic E-state index is 5.91. The van der Waals surface area contributed by atoms with Gasteiger partial charge in [-0.25, -0.2) is 0 Å². The van der Waals surface area contributed by atoms with E-state index in [0.717, 1.165) is 12.5 Å². The van der Waals surface area contributed by atoms with Crippen LogP contribution < -0.4 is 5.73 Å². The summed E-state index contributed by atoms with van der Waals surface area (Å²) in [6.07, 6.45) is 5.49. The molecule has 1 saturated carbocycles. The standard InChI is InChI=1S/C13H18BrNS/c14-11-7-3-4-8-12(11)16-13(9-15)10-5-1-2-6-10/h3-4,7-8,10,13H,1-2,5-6,9,15H2. The average Bonchev–Trinajstić information content (AvgIpc) is 2.81. The third-order valence-corrected chi connectivity index (χ3v) is 5.72. The number of benzene rings is 1. The highest BCUT2D eigenvalue weighted by atomic mass is 79.9. The summed E-state index contributed by atoms with van der Waals surface area (Å²) in [6.45, 7) is 0.788. The Morgan fingerprint density at radius 1 is 1.31 bits per heavy atom. The predicted octanol–water partition coefficient (Wildman–Crippen LogP) is 4.06. The molecule has 1 atom stereocenters. The lowest BCUT2D eigenvalue weighted by Crippen LogP contribution is -2.24. The summed E-state index contributed by atoms with van der Waals surface area (Å²) in [5.41, 5.74) is 5.91. The molecular formula is C13H18BrNS. The average molecular weight is 300 g/mol. The Bertz CT molecular complexity index is 336. The molecule has 1 aliphatic rings. The first kappa shape index (κ1) is 12.5. The lowest BCUT2D eigenvalue weighted by Gasteiger charge is -2.21. The second-order valence-corrected chi connectivity index (χ2v) is 6.50. The number of hydrogen-bond acceptors (Lipinski definition) is 2. The molecule has 1 nitrogen and oxygen atoms in total. The fourth-order valence-corrected chi connectivity index (χ4v) is 4.16. The molecule has 1 aromatic rings. The van der Waals surface area contributed by atoms with Crippen LogP contribution in [0.5, 0.6) is 0 Å². The van der Waals surface area contributed by atoms with Crippen LogP contribution in [0.15, 0.2) is 33.6 Å². The Kier molecular flexibility index (Phi) is 4.74. The summed E-state index contributed by atoms with van der Waals surface area (Å²) in [4.78, 5) is 1.32. The van der Waals surface area contributed by atoms with Crippen molar-refractivity contribution in [3.8, 4) is 0 Å². The third-order valence-electron chi connectivity index (χ3n) is 3.27. The Morgan fingerprint density at radius 2 is 2.00 bits per heavy atom. The second kappa shape index (κ2) is 6.08. The molecule has 0 spiro atoms. The zero-order valence-electron chi connectivity index (χ0n) is 9.36. The molecule has 3 heteroatoms. The summed E-state index contributed by atoms with van der Waals surface area (Å²) in [7, 11) is 0. The first-order chi connectivity index (χ1) is 7.81. The number of rotatable bonds is 4. The molecule has 0 radical (unpaired) electrons. The zero-order valence-corrected chi connectivity index (χ0v) is 11.8. The van der Waals surface area contributed by atoms with Gasteiger partial charge in [0.25, 0.3) is 0 Å².